The Kier molecular flexibility index (Phi) is 6.28. The quantitative estimate of drug-likeness (QED) is 0.588. The third-order valence-corrected chi connectivity index (χ3v) is 6.81. The van der Waals surface area contributed by atoms with Crippen LogP contribution in [0.2, 0.25) is 0 Å². The second kappa shape index (κ2) is 8.68. The van der Waals surface area contributed by atoms with Gasteiger partial charge in [0, 0.05) is 30.5 Å². The Morgan fingerprint density at radius 3 is 2.79 bits per heavy atom. The van der Waals surface area contributed by atoms with Gasteiger partial charge in [0.05, 0.1) is 6.54 Å². The molecule has 0 bridgehead atoms. The van der Waals surface area contributed by atoms with E-state index in [0.717, 1.165) is 22.7 Å². The predicted octanol–water partition coefficient (Wildman–Crippen LogP) is 3.03. The summed E-state index contributed by atoms with van der Waals surface area (Å²) < 4.78 is 28.7. The summed E-state index contributed by atoms with van der Waals surface area (Å²) in [6.45, 7) is 4.49. The van der Waals surface area contributed by atoms with E-state index in [1.54, 1.807) is 23.7 Å². The lowest BCUT2D eigenvalue weighted by Crippen LogP contribution is -2.32. The number of rotatable bonds is 8. The molecule has 0 saturated heterocycles. The van der Waals surface area contributed by atoms with Gasteiger partial charge in [0.15, 0.2) is 0 Å². The van der Waals surface area contributed by atoms with Crippen molar-refractivity contribution in [2.45, 2.75) is 30.5 Å². The van der Waals surface area contributed by atoms with Crippen molar-refractivity contribution in [1.82, 2.24) is 14.3 Å². The van der Waals surface area contributed by atoms with Crippen molar-refractivity contribution in [3.05, 3.63) is 65.6 Å². The number of thiophene rings is 1. The zero-order chi connectivity index (χ0) is 20.1. The van der Waals surface area contributed by atoms with Crippen molar-refractivity contribution in [3.8, 4) is 0 Å². The minimum Gasteiger partial charge on any atom is -0.330 e. The van der Waals surface area contributed by atoms with Crippen molar-refractivity contribution in [1.29, 1.82) is 0 Å². The number of imidazole rings is 1. The fraction of sp³-hybridized carbons (Fsp3) is 0.263. The molecule has 0 atom stereocenters. The Balaban J connectivity index is 1.61. The second-order valence-corrected chi connectivity index (χ2v) is 9.51. The Morgan fingerprint density at radius 2 is 2.07 bits per heavy atom. The van der Waals surface area contributed by atoms with Gasteiger partial charge in [-0.15, -0.1) is 11.3 Å². The molecule has 0 spiro atoms. The number of aromatic nitrogens is 2. The summed E-state index contributed by atoms with van der Waals surface area (Å²) in [5, 5.41) is 4.40. The molecule has 0 saturated carbocycles. The van der Waals surface area contributed by atoms with Crippen LogP contribution in [0.15, 0.2) is 58.4 Å². The molecule has 0 aliphatic rings. The highest BCUT2D eigenvalue weighted by molar-refractivity contribution is 7.91. The first-order chi connectivity index (χ1) is 13.3. The molecule has 2 aromatic heterocycles. The molecule has 2 heterocycles. The lowest BCUT2D eigenvalue weighted by atomic mass is 10.1. The molecule has 0 aliphatic heterocycles. The molecule has 148 valence electrons. The summed E-state index contributed by atoms with van der Waals surface area (Å²) >= 11 is 1.10. The zero-order valence-corrected chi connectivity index (χ0v) is 17.3. The molecule has 0 aliphatic carbocycles. The number of benzene rings is 1. The van der Waals surface area contributed by atoms with Crippen LogP contribution in [0.3, 0.4) is 0 Å². The number of hydrogen-bond donors (Lipinski definition) is 2. The van der Waals surface area contributed by atoms with E-state index in [1.807, 2.05) is 24.4 Å². The van der Waals surface area contributed by atoms with Crippen LogP contribution < -0.4 is 10.0 Å². The van der Waals surface area contributed by atoms with Gasteiger partial charge in [-0.2, -0.15) is 0 Å². The van der Waals surface area contributed by atoms with Crippen LogP contribution in [0.1, 0.15) is 31.2 Å². The van der Waals surface area contributed by atoms with E-state index in [4.69, 9.17) is 0 Å². The van der Waals surface area contributed by atoms with Gasteiger partial charge in [-0.1, -0.05) is 32.0 Å². The van der Waals surface area contributed by atoms with Gasteiger partial charge < -0.3 is 9.88 Å². The van der Waals surface area contributed by atoms with Gasteiger partial charge in [-0.05, 0) is 29.1 Å². The highest BCUT2D eigenvalue weighted by Crippen LogP contribution is 2.17. The van der Waals surface area contributed by atoms with Gasteiger partial charge in [-0.3, -0.25) is 4.79 Å². The largest absolute Gasteiger partial charge is 0.330 e. The van der Waals surface area contributed by atoms with Crippen molar-refractivity contribution in [2.75, 3.05) is 11.9 Å². The van der Waals surface area contributed by atoms with Crippen LogP contribution in [0.5, 0.6) is 0 Å². The molecule has 9 heteroatoms. The molecule has 0 radical (unpaired) electrons. The van der Waals surface area contributed by atoms with E-state index >= 15 is 0 Å². The number of sulfonamides is 1. The van der Waals surface area contributed by atoms with Crippen LogP contribution in [-0.2, 0) is 21.4 Å². The van der Waals surface area contributed by atoms with Gasteiger partial charge in [-0.25, -0.2) is 18.1 Å². The number of carbonyl (C=O) groups excluding carboxylic acids is 1. The minimum absolute atomic E-state index is 0.184. The zero-order valence-electron chi connectivity index (χ0n) is 15.6. The van der Waals surface area contributed by atoms with Gasteiger partial charge in [0.25, 0.3) is 10.0 Å². The van der Waals surface area contributed by atoms with E-state index in [-0.39, 0.29) is 10.8 Å². The van der Waals surface area contributed by atoms with Gasteiger partial charge >= 0.3 is 0 Å². The fourth-order valence-electron chi connectivity index (χ4n) is 2.75. The van der Waals surface area contributed by atoms with E-state index in [0.29, 0.717) is 18.2 Å². The summed E-state index contributed by atoms with van der Waals surface area (Å²) in [6, 6.07) is 10.6. The molecule has 0 fully saturated rings. The van der Waals surface area contributed by atoms with Gasteiger partial charge in [0.1, 0.15) is 10.0 Å². The molecule has 3 rings (SSSR count). The third-order valence-electron chi connectivity index (χ3n) is 4.01. The Morgan fingerprint density at radius 1 is 1.25 bits per heavy atom. The monoisotopic (exact) mass is 418 g/mol. The van der Waals surface area contributed by atoms with Crippen molar-refractivity contribution >= 4 is 33.0 Å². The highest BCUT2D eigenvalue weighted by atomic mass is 32.2. The van der Waals surface area contributed by atoms with Crippen LogP contribution in [0.4, 0.5) is 5.69 Å². The molecule has 0 unspecified atom stereocenters. The van der Waals surface area contributed by atoms with E-state index in [9.17, 15) is 13.2 Å². The van der Waals surface area contributed by atoms with Crippen molar-refractivity contribution in [3.63, 3.8) is 0 Å². The summed E-state index contributed by atoms with van der Waals surface area (Å²) in [7, 11) is -3.66. The summed E-state index contributed by atoms with van der Waals surface area (Å²) in [4.78, 5) is 16.5. The maximum Gasteiger partial charge on any atom is 0.250 e. The first-order valence-corrected chi connectivity index (χ1v) is 11.1. The van der Waals surface area contributed by atoms with Crippen molar-refractivity contribution < 1.29 is 13.2 Å². The molecule has 28 heavy (non-hydrogen) atoms. The number of amides is 1. The summed E-state index contributed by atoms with van der Waals surface area (Å²) in [6.07, 6.45) is 3.71. The topological polar surface area (TPSA) is 93.1 Å². The lowest BCUT2D eigenvalue weighted by Gasteiger charge is -2.12. The van der Waals surface area contributed by atoms with E-state index in [1.165, 1.54) is 6.07 Å². The predicted molar refractivity (Wildman–Crippen MR) is 110 cm³/mol. The number of carbonyl (C=O) groups is 1. The molecule has 3 aromatic rings. The van der Waals surface area contributed by atoms with E-state index in [2.05, 4.69) is 33.4 Å². The summed E-state index contributed by atoms with van der Waals surface area (Å²) in [5.74, 6) is 0.884. The molecule has 1 aromatic carbocycles. The SMILES string of the molecule is CC(C)c1nccn1Cc1cccc(NC(=O)CNS(=O)(=O)c2cccs2)c1. The smallest absolute Gasteiger partial charge is 0.250 e. The van der Waals surface area contributed by atoms with Crippen molar-refractivity contribution in [2.24, 2.45) is 0 Å². The third kappa shape index (κ3) is 5.06. The Labute approximate surface area is 168 Å². The normalized spacial score (nSPS) is 11.7. The summed E-state index contributed by atoms with van der Waals surface area (Å²) in [5.41, 5.74) is 1.63. The van der Waals surface area contributed by atoms with E-state index < -0.39 is 15.9 Å². The van der Waals surface area contributed by atoms with Crippen LogP contribution in [-0.4, -0.2) is 30.4 Å². The maximum absolute atomic E-state index is 12.2. The first-order valence-electron chi connectivity index (χ1n) is 8.78. The van der Waals surface area contributed by atoms with Gasteiger partial charge in [0.2, 0.25) is 5.91 Å². The Hall–Kier alpha value is -2.49. The van der Waals surface area contributed by atoms with Crippen LogP contribution in [0, 0.1) is 0 Å². The molecule has 7 nitrogen and oxygen atoms in total. The van der Waals surface area contributed by atoms with Crippen LogP contribution >= 0.6 is 11.3 Å². The fourth-order valence-corrected chi connectivity index (χ4v) is 4.77. The number of anilines is 1. The standard InChI is InChI=1S/C19H22N4O3S2/c1-14(2)19-20-8-9-23(19)13-15-5-3-6-16(11-15)22-17(24)12-21-28(25,26)18-7-4-10-27-18/h3-11,14,21H,12-13H2,1-2H3,(H,22,24). The highest BCUT2D eigenvalue weighted by Gasteiger charge is 2.16. The first kappa shape index (κ1) is 20.2. The molecular weight excluding hydrogens is 396 g/mol. The molecule has 2 N–H and O–H groups in total. The molecule has 1 amide bonds. The second-order valence-electron chi connectivity index (χ2n) is 6.57. The maximum atomic E-state index is 12.2. The minimum atomic E-state index is -3.66. The Bertz CT molecular complexity index is 1040. The number of nitrogens with one attached hydrogen (secondary N) is 2. The number of hydrogen-bond acceptors (Lipinski definition) is 5. The number of nitrogens with zero attached hydrogens (tertiary/aromatic N) is 2. The average Bonchev–Trinajstić information content (AvgIpc) is 3.32. The average molecular weight is 419 g/mol. The molecular formula is C19H22N4O3S2. The lowest BCUT2D eigenvalue weighted by molar-refractivity contribution is -0.115. The van der Waals surface area contributed by atoms with Crippen LogP contribution in [0.25, 0.3) is 0 Å².